The van der Waals surface area contributed by atoms with E-state index in [-0.39, 0.29) is 5.56 Å². The summed E-state index contributed by atoms with van der Waals surface area (Å²) >= 11 is 7.65. The molecule has 0 fully saturated rings. The lowest BCUT2D eigenvalue weighted by Gasteiger charge is -2.11. The average Bonchev–Trinajstić information content (AvgIpc) is 3.35. The first-order chi connectivity index (χ1) is 16.3. The monoisotopic (exact) mass is 503 g/mol. The third-order valence-electron chi connectivity index (χ3n) is 5.61. The molecule has 10 heteroatoms. The maximum atomic E-state index is 13.0. The molecule has 2 heterocycles. The first kappa shape index (κ1) is 22.6. The highest BCUT2D eigenvalue weighted by Gasteiger charge is 2.31. The standard InChI is InChI=1S/C24H17ClF3N3O2S/c25-17-10-8-14(9-11-17)21-19(31-18-6-1-2-7-20(18)34-23(31)30-21)13-29-33-22(32)15-4-3-5-16(12-15)24(26,27)28/h3-5,8-13H,1-2,6-7H2/b29-13-. The van der Waals surface area contributed by atoms with E-state index in [1.165, 1.54) is 17.2 Å². The van der Waals surface area contributed by atoms with Gasteiger partial charge in [0.05, 0.1) is 28.7 Å². The van der Waals surface area contributed by atoms with Crippen LogP contribution in [-0.4, -0.2) is 21.6 Å². The summed E-state index contributed by atoms with van der Waals surface area (Å²) in [6, 6.07) is 11.2. The zero-order chi connectivity index (χ0) is 23.9. The van der Waals surface area contributed by atoms with Crippen molar-refractivity contribution >= 4 is 40.1 Å². The number of fused-ring (bicyclic) bond motifs is 3. The number of aryl methyl sites for hydroxylation is 2. The zero-order valence-electron chi connectivity index (χ0n) is 17.6. The Morgan fingerprint density at radius 3 is 2.68 bits per heavy atom. The van der Waals surface area contributed by atoms with Gasteiger partial charge in [0.1, 0.15) is 0 Å². The molecule has 0 unspecified atom stereocenters. The first-order valence-corrected chi connectivity index (χ1v) is 11.7. The first-order valence-electron chi connectivity index (χ1n) is 10.5. The van der Waals surface area contributed by atoms with Crippen LogP contribution in [-0.2, 0) is 23.9 Å². The van der Waals surface area contributed by atoms with Gasteiger partial charge in [0.15, 0.2) is 4.96 Å². The molecule has 0 N–H and O–H groups in total. The van der Waals surface area contributed by atoms with Crippen molar-refractivity contribution < 1.29 is 22.8 Å². The fourth-order valence-electron chi connectivity index (χ4n) is 4.00. The number of nitrogens with zero attached hydrogens (tertiary/aromatic N) is 3. The molecule has 0 amide bonds. The van der Waals surface area contributed by atoms with Gasteiger partial charge < -0.3 is 4.84 Å². The highest BCUT2D eigenvalue weighted by atomic mass is 35.5. The molecule has 174 valence electrons. The van der Waals surface area contributed by atoms with Crippen molar-refractivity contribution in [3.05, 3.63) is 80.9 Å². The number of alkyl halides is 3. The van der Waals surface area contributed by atoms with Gasteiger partial charge in [-0.25, -0.2) is 9.78 Å². The summed E-state index contributed by atoms with van der Waals surface area (Å²) in [5, 5.41) is 4.42. The minimum atomic E-state index is -4.56. The minimum absolute atomic E-state index is 0.240. The Kier molecular flexibility index (Phi) is 5.91. The van der Waals surface area contributed by atoms with E-state index in [2.05, 4.69) is 5.16 Å². The number of thiazole rings is 1. The number of oxime groups is 1. The van der Waals surface area contributed by atoms with Crippen LogP contribution in [0.15, 0.2) is 53.7 Å². The second-order valence-electron chi connectivity index (χ2n) is 7.84. The van der Waals surface area contributed by atoms with Crippen LogP contribution in [0.3, 0.4) is 0 Å². The molecular weight excluding hydrogens is 487 g/mol. The van der Waals surface area contributed by atoms with Gasteiger partial charge in [-0.2, -0.15) is 13.2 Å². The average molecular weight is 504 g/mol. The number of halogens is 4. The summed E-state index contributed by atoms with van der Waals surface area (Å²) in [6.45, 7) is 0. The van der Waals surface area contributed by atoms with E-state index in [0.717, 1.165) is 60.1 Å². The molecule has 2 aromatic heterocycles. The topological polar surface area (TPSA) is 56.0 Å². The SMILES string of the molecule is O=C(O/N=C\c1c(-c2ccc(Cl)cc2)nc2sc3c(n12)CCCC3)c1cccc(C(F)(F)F)c1. The number of benzene rings is 2. The van der Waals surface area contributed by atoms with E-state index in [1.807, 2.05) is 16.5 Å². The van der Waals surface area contributed by atoms with Gasteiger partial charge in [0, 0.05) is 21.2 Å². The van der Waals surface area contributed by atoms with Crippen molar-refractivity contribution in [2.75, 3.05) is 0 Å². The molecule has 1 aliphatic carbocycles. The van der Waals surface area contributed by atoms with E-state index >= 15 is 0 Å². The molecule has 0 spiro atoms. The molecule has 1 aliphatic rings. The third kappa shape index (κ3) is 4.33. The van der Waals surface area contributed by atoms with Gasteiger partial charge in [-0.15, -0.1) is 11.3 Å². The summed E-state index contributed by atoms with van der Waals surface area (Å²) in [4.78, 5) is 24.2. The summed E-state index contributed by atoms with van der Waals surface area (Å²) in [5.41, 5.74) is 2.08. The van der Waals surface area contributed by atoms with Crippen LogP contribution in [0.1, 0.15) is 45.0 Å². The Morgan fingerprint density at radius 2 is 1.91 bits per heavy atom. The second-order valence-corrected chi connectivity index (χ2v) is 9.34. The molecule has 34 heavy (non-hydrogen) atoms. The predicted molar refractivity (Wildman–Crippen MR) is 125 cm³/mol. The third-order valence-corrected chi connectivity index (χ3v) is 7.00. The Balaban J connectivity index is 1.50. The smallest absolute Gasteiger partial charge is 0.313 e. The fraction of sp³-hybridized carbons (Fsp3) is 0.208. The highest BCUT2D eigenvalue weighted by Crippen LogP contribution is 2.35. The molecule has 0 bridgehead atoms. The van der Waals surface area contributed by atoms with Crippen LogP contribution < -0.4 is 0 Å². The minimum Gasteiger partial charge on any atom is -0.313 e. The molecule has 0 aliphatic heterocycles. The number of aromatic nitrogens is 2. The van der Waals surface area contributed by atoms with E-state index in [4.69, 9.17) is 21.4 Å². The second kappa shape index (κ2) is 8.88. The molecule has 5 nitrogen and oxygen atoms in total. The van der Waals surface area contributed by atoms with Gasteiger partial charge >= 0.3 is 12.1 Å². The van der Waals surface area contributed by atoms with Crippen molar-refractivity contribution in [1.29, 1.82) is 0 Å². The van der Waals surface area contributed by atoms with E-state index in [0.29, 0.717) is 16.4 Å². The number of hydrogen-bond donors (Lipinski definition) is 0. The summed E-state index contributed by atoms with van der Waals surface area (Å²) in [6.07, 6.45) is 0.899. The Labute approximate surface area is 201 Å². The lowest BCUT2D eigenvalue weighted by molar-refractivity contribution is -0.137. The molecular formula is C24H17ClF3N3O2S. The lowest BCUT2D eigenvalue weighted by atomic mass is 10.0. The Morgan fingerprint density at radius 1 is 1.15 bits per heavy atom. The zero-order valence-corrected chi connectivity index (χ0v) is 19.2. The van der Waals surface area contributed by atoms with Crippen molar-refractivity contribution in [2.24, 2.45) is 5.16 Å². The van der Waals surface area contributed by atoms with Crippen molar-refractivity contribution in [1.82, 2.24) is 9.38 Å². The van der Waals surface area contributed by atoms with Gasteiger partial charge in [-0.05, 0) is 56.0 Å². The van der Waals surface area contributed by atoms with Crippen LogP contribution in [0.5, 0.6) is 0 Å². The number of rotatable bonds is 4. The number of carbonyl (C=O) groups is 1. The fourth-order valence-corrected chi connectivity index (χ4v) is 5.34. The maximum Gasteiger partial charge on any atom is 0.416 e. The van der Waals surface area contributed by atoms with E-state index in [9.17, 15) is 18.0 Å². The highest BCUT2D eigenvalue weighted by molar-refractivity contribution is 7.17. The predicted octanol–water partition coefficient (Wildman–Crippen LogP) is 6.80. The number of hydrogen-bond acceptors (Lipinski definition) is 5. The normalized spacial score (nSPS) is 14.0. The van der Waals surface area contributed by atoms with Crippen molar-refractivity contribution in [3.63, 3.8) is 0 Å². The van der Waals surface area contributed by atoms with Gasteiger partial charge in [0.25, 0.3) is 0 Å². The molecule has 0 radical (unpaired) electrons. The number of imidazole rings is 1. The van der Waals surface area contributed by atoms with Crippen LogP contribution in [0.4, 0.5) is 13.2 Å². The lowest BCUT2D eigenvalue weighted by Crippen LogP contribution is -2.08. The van der Waals surface area contributed by atoms with E-state index < -0.39 is 17.7 Å². The Bertz CT molecular complexity index is 1410. The molecule has 2 aromatic carbocycles. The van der Waals surface area contributed by atoms with Gasteiger partial charge in [0.2, 0.25) is 0 Å². The van der Waals surface area contributed by atoms with Gasteiger partial charge in [-0.1, -0.05) is 35.0 Å². The van der Waals surface area contributed by atoms with Crippen LogP contribution in [0, 0.1) is 0 Å². The molecule has 4 aromatic rings. The summed E-state index contributed by atoms with van der Waals surface area (Å²) < 4.78 is 40.9. The summed E-state index contributed by atoms with van der Waals surface area (Å²) in [7, 11) is 0. The Hall–Kier alpha value is -3.17. The summed E-state index contributed by atoms with van der Waals surface area (Å²) in [5.74, 6) is -0.983. The maximum absolute atomic E-state index is 13.0. The van der Waals surface area contributed by atoms with Crippen LogP contribution in [0.2, 0.25) is 5.02 Å². The van der Waals surface area contributed by atoms with Crippen LogP contribution in [0.25, 0.3) is 16.2 Å². The van der Waals surface area contributed by atoms with Crippen molar-refractivity contribution in [3.8, 4) is 11.3 Å². The quantitative estimate of drug-likeness (QED) is 0.175. The van der Waals surface area contributed by atoms with E-state index in [1.54, 1.807) is 23.5 Å². The molecule has 0 atom stereocenters. The number of carbonyl (C=O) groups excluding carboxylic acids is 1. The molecule has 5 rings (SSSR count). The molecule has 0 saturated heterocycles. The van der Waals surface area contributed by atoms with Crippen LogP contribution >= 0.6 is 22.9 Å². The molecule has 0 saturated carbocycles. The van der Waals surface area contributed by atoms with Gasteiger partial charge in [-0.3, -0.25) is 4.40 Å². The largest absolute Gasteiger partial charge is 0.416 e. The van der Waals surface area contributed by atoms with Crippen molar-refractivity contribution in [2.45, 2.75) is 31.9 Å².